The number of likely N-dealkylation sites (N-methyl/N-ethyl adjacent to an activating group) is 1. The molecule has 1 amide bonds. The number of carbonyl (C=O) groups is 1. The summed E-state index contributed by atoms with van der Waals surface area (Å²) in [4.78, 5) is 20.1. The summed E-state index contributed by atoms with van der Waals surface area (Å²) >= 11 is 0. The number of rotatable bonds is 5. The van der Waals surface area contributed by atoms with Gasteiger partial charge in [0, 0.05) is 19.0 Å². The summed E-state index contributed by atoms with van der Waals surface area (Å²) in [6, 6.07) is -0.363. The summed E-state index contributed by atoms with van der Waals surface area (Å²) in [7, 11) is 1.60. The minimum absolute atomic E-state index is 0.0939. The summed E-state index contributed by atoms with van der Waals surface area (Å²) in [6.45, 7) is 5.67. The van der Waals surface area contributed by atoms with Gasteiger partial charge >= 0.3 is 0 Å². The zero-order valence-corrected chi connectivity index (χ0v) is 11.4. The van der Waals surface area contributed by atoms with E-state index in [9.17, 15) is 4.79 Å². The number of nitrogens with zero attached hydrogens (tertiary/aromatic N) is 2. The maximum Gasteiger partial charge on any atom is 0.241 e. The smallest absolute Gasteiger partial charge is 0.241 e. The Morgan fingerprint density at radius 3 is 2.67 bits per heavy atom. The van der Waals surface area contributed by atoms with Gasteiger partial charge in [0.1, 0.15) is 23.5 Å². The van der Waals surface area contributed by atoms with Crippen LogP contribution in [0.2, 0.25) is 0 Å². The molecule has 100 valence electrons. The number of hydrogen-bond acceptors (Lipinski definition) is 5. The van der Waals surface area contributed by atoms with Gasteiger partial charge in [0.2, 0.25) is 5.91 Å². The van der Waals surface area contributed by atoms with Crippen molar-refractivity contribution >= 4 is 17.5 Å². The lowest BCUT2D eigenvalue weighted by atomic mass is 10.2. The van der Waals surface area contributed by atoms with E-state index in [-0.39, 0.29) is 11.9 Å². The summed E-state index contributed by atoms with van der Waals surface area (Å²) < 4.78 is 0. The van der Waals surface area contributed by atoms with Crippen molar-refractivity contribution in [1.82, 2.24) is 15.3 Å². The number of hydrogen-bond donors (Lipinski definition) is 3. The molecule has 0 spiro atoms. The van der Waals surface area contributed by atoms with Crippen LogP contribution in [0.4, 0.5) is 11.6 Å². The number of nitrogen functional groups attached to an aromatic ring is 1. The van der Waals surface area contributed by atoms with Gasteiger partial charge in [-0.1, -0.05) is 6.92 Å². The molecule has 0 saturated carbocycles. The average molecular weight is 251 g/mol. The van der Waals surface area contributed by atoms with Crippen LogP contribution in [0.5, 0.6) is 0 Å². The standard InChI is InChI=1S/C12H21N5O/c1-5-6-9-16-10(13)7(2)11(17-9)15-8(3)12(18)14-4/h8H,5-6H2,1-4H3,(H,14,18)(H3,13,15,16,17). The lowest BCUT2D eigenvalue weighted by Gasteiger charge is -2.16. The van der Waals surface area contributed by atoms with Crippen molar-refractivity contribution in [1.29, 1.82) is 0 Å². The van der Waals surface area contributed by atoms with Gasteiger partial charge in [-0.15, -0.1) is 0 Å². The van der Waals surface area contributed by atoms with Crippen molar-refractivity contribution in [3.8, 4) is 0 Å². The molecule has 0 radical (unpaired) electrons. The maximum atomic E-state index is 11.5. The van der Waals surface area contributed by atoms with Gasteiger partial charge in [0.15, 0.2) is 0 Å². The molecule has 1 aromatic heterocycles. The zero-order valence-electron chi connectivity index (χ0n) is 11.4. The fourth-order valence-electron chi connectivity index (χ4n) is 1.55. The van der Waals surface area contributed by atoms with Gasteiger partial charge in [-0.05, 0) is 20.3 Å². The lowest BCUT2D eigenvalue weighted by Crippen LogP contribution is -2.35. The Kier molecular flexibility index (Phi) is 4.88. The summed E-state index contributed by atoms with van der Waals surface area (Å²) in [5, 5.41) is 5.64. The molecule has 18 heavy (non-hydrogen) atoms. The molecular formula is C12H21N5O. The third-order valence-electron chi connectivity index (χ3n) is 2.70. The fraction of sp³-hybridized carbons (Fsp3) is 0.583. The highest BCUT2D eigenvalue weighted by Gasteiger charge is 2.15. The largest absolute Gasteiger partial charge is 0.383 e. The molecule has 1 rings (SSSR count). The Balaban J connectivity index is 2.96. The monoisotopic (exact) mass is 251 g/mol. The first-order valence-electron chi connectivity index (χ1n) is 6.10. The van der Waals surface area contributed by atoms with E-state index in [0.717, 1.165) is 18.4 Å². The van der Waals surface area contributed by atoms with Crippen molar-refractivity contribution in [3.63, 3.8) is 0 Å². The minimum Gasteiger partial charge on any atom is -0.383 e. The second-order valence-electron chi connectivity index (χ2n) is 4.23. The predicted molar refractivity (Wildman–Crippen MR) is 72.3 cm³/mol. The van der Waals surface area contributed by atoms with Gasteiger partial charge in [-0.3, -0.25) is 4.79 Å². The molecule has 1 heterocycles. The Morgan fingerprint density at radius 2 is 2.11 bits per heavy atom. The Labute approximate surface area is 107 Å². The molecule has 0 aliphatic rings. The van der Waals surface area contributed by atoms with E-state index < -0.39 is 0 Å². The summed E-state index contributed by atoms with van der Waals surface area (Å²) in [6.07, 6.45) is 1.72. The third kappa shape index (κ3) is 3.32. The molecule has 0 aliphatic heterocycles. The molecule has 1 atom stereocenters. The van der Waals surface area contributed by atoms with Crippen LogP contribution in [0.25, 0.3) is 0 Å². The van der Waals surface area contributed by atoms with Crippen LogP contribution in [0.1, 0.15) is 31.7 Å². The van der Waals surface area contributed by atoms with Crippen LogP contribution >= 0.6 is 0 Å². The first-order chi connectivity index (χ1) is 8.49. The molecule has 0 aliphatic carbocycles. The molecular weight excluding hydrogens is 230 g/mol. The molecule has 4 N–H and O–H groups in total. The summed E-state index contributed by atoms with van der Waals surface area (Å²) in [5.41, 5.74) is 6.61. The normalized spacial score (nSPS) is 12.0. The van der Waals surface area contributed by atoms with E-state index in [1.54, 1.807) is 14.0 Å². The third-order valence-corrected chi connectivity index (χ3v) is 2.70. The van der Waals surface area contributed by atoms with Gasteiger partial charge in [-0.25, -0.2) is 9.97 Å². The van der Waals surface area contributed by atoms with Gasteiger partial charge in [-0.2, -0.15) is 0 Å². The summed E-state index contributed by atoms with van der Waals surface area (Å²) in [5.74, 6) is 1.69. The molecule has 1 aromatic rings. The second kappa shape index (κ2) is 6.18. The molecule has 0 bridgehead atoms. The van der Waals surface area contributed by atoms with E-state index >= 15 is 0 Å². The molecule has 6 nitrogen and oxygen atoms in total. The van der Waals surface area contributed by atoms with Gasteiger partial charge < -0.3 is 16.4 Å². The van der Waals surface area contributed by atoms with Crippen LogP contribution in [0, 0.1) is 6.92 Å². The van der Waals surface area contributed by atoms with E-state index in [1.807, 2.05) is 6.92 Å². The van der Waals surface area contributed by atoms with Crippen molar-refractivity contribution in [3.05, 3.63) is 11.4 Å². The molecule has 6 heteroatoms. The highest BCUT2D eigenvalue weighted by molar-refractivity contribution is 5.83. The SMILES string of the molecule is CCCc1nc(N)c(C)c(NC(C)C(=O)NC)n1. The topological polar surface area (TPSA) is 92.9 Å². The van der Waals surface area contributed by atoms with Gasteiger partial charge in [0.25, 0.3) is 0 Å². The quantitative estimate of drug-likeness (QED) is 0.722. The molecule has 0 fully saturated rings. The van der Waals surface area contributed by atoms with E-state index in [1.165, 1.54) is 0 Å². The highest BCUT2D eigenvalue weighted by Crippen LogP contribution is 2.18. The van der Waals surface area contributed by atoms with E-state index in [2.05, 4.69) is 27.5 Å². The fourth-order valence-corrected chi connectivity index (χ4v) is 1.55. The number of amides is 1. The van der Waals surface area contributed by atoms with Crippen molar-refractivity contribution in [2.45, 2.75) is 39.7 Å². The van der Waals surface area contributed by atoms with Crippen LogP contribution in [-0.2, 0) is 11.2 Å². The lowest BCUT2D eigenvalue weighted by molar-refractivity contribution is -0.121. The van der Waals surface area contributed by atoms with Crippen LogP contribution < -0.4 is 16.4 Å². The Hall–Kier alpha value is -1.85. The number of anilines is 2. The van der Waals surface area contributed by atoms with Gasteiger partial charge in [0.05, 0.1) is 0 Å². The minimum atomic E-state index is -0.363. The first-order valence-corrected chi connectivity index (χ1v) is 6.10. The number of aryl methyl sites for hydroxylation is 1. The number of nitrogens with two attached hydrogens (primary N) is 1. The zero-order chi connectivity index (χ0) is 13.7. The number of carbonyl (C=O) groups excluding carboxylic acids is 1. The first kappa shape index (κ1) is 14.2. The predicted octanol–water partition coefficient (Wildman–Crippen LogP) is 0.866. The van der Waals surface area contributed by atoms with Crippen molar-refractivity contribution in [2.75, 3.05) is 18.1 Å². The molecule has 0 saturated heterocycles. The van der Waals surface area contributed by atoms with Crippen molar-refractivity contribution in [2.24, 2.45) is 0 Å². The molecule has 1 unspecified atom stereocenters. The Bertz CT molecular complexity index is 433. The second-order valence-corrected chi connectivity index (χ2v) is 4.23. The molecule has 0 aromatic carbocycles. The number of aromatic nitrogens is 2. The van der Waals surface area contributed by atoms with Crippen LogP contribution in [0.15, 0.2) is 0 Å². The maximum absolute atomic E-state index is 11.5. The Morgan fingerprint density at radius 1 is 1.44 bits per heavy atom. The number of nitrogens with one attached hydrogen (secondary N) is 2. The van der Waals surface area contributed by atoms with Crippen molar-refractivity contribution < 1.29 is 4.79 Å². The van der Waals surface area contributed by atoms with E-state index in [0.29, 0.717) is 17.5 Å². The highest BCUT2D eigenvalue weighted by atomic mass is 16.2. The van der Waals surface area contributed by atoms with Crippen LogP contribution in [0.3, 0.4) is 0 Å². The average Bonchev–Trinajstić information content (AvgIpc) is 2.34. The van der Waals surface area contributed by atoms with E-state index in [4.69, 9.17) is 5.73 Å². The van der Waals surface area contributed by atoms with Crippen LogP contribution in [-0.4, -0.2) is 29.0 Å².